The Morgan fingerprint density at radius 3 is 2.35 bits per heavy atom. The number of ketones is 1. The molecule has 1 aromatic carbocycles. The zero-order valence-electron chi connectivity index (χ0n) is 12.9. The van der Waals surface area contributed by atoms with Crippen molar-refractivity contribution in [1.29, 1.82) is 0 Å². The van der Waals surface area contributed by atoms with Crippen LogP contribution in [0.3, 0.4) is 0 Å². The average molecular weight is 277 g/mol. The molecule has 3 nitrogen and oxygen atoms in total. The zero-order valence-corrected chi connectivity index (χ0v) is 12.9. The Morgan fingerprint density at radius 2 is 1.85 bits per heavy atom. The molecule has 0 aromatic heterocycles. The summed E-state index contributed by atoms with van der Waals surface area (Å²) in [6, 6.07) is 7.41. The first kappa shape index (κ1) is 16.7. The van der Waals surface area contributed by atoms with Crippen molar-refractivity contribution < 1.29 is 9.53 Å². The van der Waals surface area contributed by atoms with E-state index in [1.54, 1.807) is 0 Å². The zero-order chi connectivity index (χ0) is 15.0. The quantitative estimate of drug-likeness (QED) is 0.701. The van der Waals surface area contributed by atoms with Crippen LogP contribution >= 0.6 is 0 Å². The fourth-order valence-corrected chi connectivity index (χ4v) is 2.39. The Labute approximate surface area is 122 Å². The van der Waals surface area contributed by atoms with E-state index in [4.69, 9.17) is 10.5 Å². The monoisotopic (exact) mass is 277 g/mol. The molecule has 20 heavy (non-hydrogen) atoms. The summed E-state index contributed by atoms with van der Waals surface area (Å²) in [5.41, 5.74) is 6.40. The van der Waals surface area contributed by atoms with Crippen molar-refractivity contribution in [3.8, 4) is 5.75 Å². The highest BCUT2D eigenvalue weighted by Gasteiger charge is 2.15. The van der Waals surface area contributed by atoms with Gasteiger partial charge in [-0.2, -0.15) is 0 Å². The number of ether oxygens (including phenoxy) is 1. The largest absolute Gasteiger partial charge is 0.494 e. The van der Waals surface area contributed by atoms with E-state index in [0.717, 1.165) is 24.2 Å². The van der Waals surface area contributed by atoms with Crippen molar-refractivity contribution >= 4 is 5.78 Å². The van der Waals surface area contributed by atoms with E-state index in [9.17, 15) is 4.79 Å². The molecule has 0 fully saturated rings. The summed E-state index contributed by atoms with van der Waals surface area (Å²) in [4.78, 5) is 12.2. The normalized spacial score (nSPS) is 12.4. The molecule has 0 saturated heterocycles. The van der Waals surface area contributed by atoms with Crippen LogP contribution in [0.4, 0.5) is 0 Å². The third-order valence-corrected chi connectivity index (χ3v) is 3.71. The van der Waals surface area contributed by atoms with E-state index in [2.05, 4.69) is 13.8 Å². The lowest BCUT2D eigenvalue weighted by Crippen LogP contribution is -2.15. The first-order valence-electron chi connectivity index (χ1n) is 7.54. The highest BCUT2D eigenvalue weighted by atomic mass is 16.5. The van der Waals surface area contributed by atoms with Crippen molar-refractivity contribution in [2.24, 2.45) is 17.6 Å². The third kappa shape index (κ3) is 5.33. The van der Waals surface area contributed by atoms with Crippen LogP contribution in [0.25, 0.3) is 0 Å². The fourth-order valence-electron chi connectivity index (χ4n) is 2.39. The molecule has 0 aliphatic heterocycles. The van der Waals surface area contributed by atoms with E-state index in [1.807, 2.05) is 31.2 Å². The molecule has 3 heteroatoms. The van der Waals surface area contributed by atoms with Gasteiger partial charge in [0.1, 0.15) is 5.75 Å². The first-order valence-corrected chi connectivity index (χ1v) is 7.54. The fraction of sp³-hybridized carbons (Fsp3) is 0.588. The van der Waals surface area contributed by atoms with Crippen molar-refractivity contribution in [2.75, 3.05) is 13.2 Å². The number of carbonyl (C=O) groups excluding carboxylic acids is 1. The van der Waals surface area contributed by atoms with Crippen molar-refractivity contribution in [1.82, 2.24) is 0 Å². The van der Waals surface area contributed by atoms with Gasteiger partial charge >= 0.3 is 0 Å². The minimum Gasteiger partial charge on any atom is -0.494 e. The second kappa shape index (κ2) is 8.75. The highest BCUT2D eigenvalue weighted by molar-refractivity contribution is 5.96. The molecular weight excluding hydrogens is 250 g/mol. The Bertz CT molecular complexity index is 398. The van der Waals surface area contributed by atoms with Gasteiger partial charge in [0, 0.05) is 12.0 Å². The Kier molecular flexibility index (Phi) is 7.31. The van der Waals surface area contributed by atoms with E-state index in [0.29, 0.717) is 31.4 Å². The van der Waals surface area contributed by atoms with Crippen LogP contribution < -0.4 is 10.5 Å². The number of rotatable bonds is 9. The molecule has 0 spiro atoms. The second-order valence-corrected chi connectivity index (χ2v) is 5.50. The van der Waals surface area contributed by atoms with Crippen LogP contribution in [-0.2, 0) is 0 Å². The van der Waals surface area contributed by atoms with Gasteiger partial charge in [-0.1, -0.05) is 13.8 Å². The summed E-state index contributed by atoms with van der Waals surface area (Å²) in [6.45, 7) is 7.68. The SMILES string of the molecule is CCOc1ccc(C(=O)CCC(CCN)C(C)C)cc1. The molecule has 0 amide bonds. The van der Waals surface area contributed by atoms with Gasteiger partial charge in [-0.15, -0.1) is 0 Å². The number of hydrogen-bond acceptors (Lipinski definition) is 3. The van der Waals surface area contributed by atoms with Gasteiger partial charge < -0.3 is 10.5 Å². The molecule has 0 heterocycles. The van der Waals surface area contributed by atoms with Crippen molar-refractivity contribution in [3.63, 3.8) is 0 Å². The molecule has 0 saturated carbocycles. The van der Waals surface area contributed by atoms with Crippen LogP contribution in [0, 0.1) is 11.8 Å². The summed E-state index contributed by atoms with van der Waals surface area (Å²) in [5.74, 6) is 2.13. The van der Waals surface area contributed by atoms with Crippen molar-refractivity contribution in [3.05, 3.63) is 29.8 Å². The molecule has 1 rings (SSSR count). The number of benzene rings is 1. The lowest BCUT2D eigenvalue weighted by Gasteiger charge is -2.19. The lowest BCUT2D eigenvalue weighted by molar-refractivity contribution is 0.0969. The molecular formula is C17H27NO2. The van der Waals surface area contributed by atoms with Crippen LogP contribution in [-0.4, -0.2) is 18.9 Å². The second-order valence-electron chi connectivity index (χ2n) is 5.50. The highest BCUT2D eigenvalue weighted by Crippen LogP contribution is 2.22. The number of nitrogens with two attached hydrogens (primary N) is 1. The number of hydrogen-bond donors (Lipinski definition) is 1. The summed E-state index contributed by atoms with van der Waals surface area (Å²) < 4.78 is 5.38. The molecule has 0 aliphatic carbocycles. The van der Waals surface area contributed by atoms with Gasteiger partial charge in [0.25, 0.3) is 0 Å². The number of carbonyl (C=O) groups is 1. The molecule has 0 bridgehead atoms. The standard InChI is InChI=1S/C17H27NO2/c1-4-20-16-8-5-15(6-9-16)17(19)10-7-14(11-12-18)13(2)3/h5-6,8-9,13-14H,4,7,10-12,18H2,1-3H3. The van der Waals surface area contributed by atoms with E-state index in [-0.39, 0.29) is 5.78 Å². The topological polar surface area (TPSA) is 52.3 Å². The summed E-state index contributed by atoms with van der Waals surface area (Å²) >= 11 is 0. The van der Waals surface area contributed by atoms with Gasteiger partial charge in [0.15, 0.2) is 5.78 Å². The van der Waals surface area contributed by atoms with Crippen LogP contribution in [0.5, 0.6) is 5.75 Å². The lowest BCUT2D eigenvalue weighted by atomic mass is 9.87. The van der Waals surface area contributed by atoms with Gasteiger partial charge in [0.2, 0.25) is 0 Å². The minimum absolute atomic E-state index is 0.204. The predicted octanol–water partition coefficient (Wildman–Crippen LogP) is 3.67. The maximum Gasteiger partial charge on any atom is 0.162 e. The summed E-state index contributed by atoms with van der Waals surface area (Å²) in [6.07, 6.45) is 2.51. The maximum absolute atomic E-state index is 12.2. The molecule has 1 unspecified atom stereocenters. The average Bonchev–Trinajstić information content (AvgIpc) is 2.44. The molecule has 0 aliphatic rings. The summed E-state index contributed by atoms with van der Waals surface area (Å²) in [7, 11) is 0. The van der Waals surface area contributed by atoms with E-state index >= 15 is 0 Å². The Morgan fingerprint density at radius 1 is 1.20 bits per heavy atom. The van der Waals surface area contributed by atoms with Gasteiger partial charge in [-0.3, -0.25) is 4.79 Å². The third-order valence-electron chi connectivity index (χ3n) is 3.71. The van der Waals surface area contributed by atoms with Crippen LogP contribution in [0.1, 0.15) is 50.4 Å². The van der Waals surface area contributed by atoms with Crippen molar-refractivity contribution in [2.45, 2.75) is 40.0 Å². The molecule has 0 radical (unpaired) electrons. The Hall–Kier alpha value is -1.35. The number of Topliss-reactive ketones (excluding diaryl/α,β-unsaturated/α-hetero) is 1. The Balaban J connectivity index is 2.53. The van der Waals surface area contributed by atoms with Gasteiger partial charge in [-0.25, -0.2) is 0 Å². The minimum atomic E-state index is 0.204. The maximum atomic E-state index is 12.2. The summed E-state index contributed by atoms with van der Waals surface area (Å²) in [5, 5.41) is 0. The van der Waals surface area contributed by atoms with E-state index < -0.39 is 0 Å². The molecule has 1 aromatic rings. The van der Waals surface area contributed by atoms with Crippen LogP contribution in [0.2, 0.25) is 0 Å². The first-order chi connectivity index (χ1) is 9.58. The molecule has 1 atom stereocenters. The predicted molar refractivity (Wildman–Crippen MR) is 83.2 cm³/mol. The van der Waals surface area contributed by atoms with E-state index in [1.165, 1.54) is 0 Å². The smallest absolute Gasteiger partial charge is 0.162 e. The molecule has 112 valence electrons. The van der Waals surface area contributed by atoms with Crippen LogP contribution in [0.15, 0.2) is 24.3 Å². The van der Waals surface area contributed by atoms with Gasteiger partial charge in [0.05, 0.1) is 6.61 Å². The van der Waals surface area contributed by atoms with Gasteiger partial charge in [-0.05, 0) is 62.4 Å². The molecule has 2 N–H and O–H groups in total.